The Morgan fingerprint density at radius 2 is 1.48 bits per heavy atom. The second kappa shape index (κ2) is 8.37. The van der Waals surface area contributed by atoms with Crippen LogP contribution in [0.4, 0.5) is 43.9 Å². The summed E-state index contributed by atoms with van der Waals surface area (Å²) < 4.78 is 139. The van der Waals surface area contributed by atoms with Gasteiger partial charge in [-0.1, -0.05) is 0 Å². The van der Waals surface area contributed by atoms with E-state index in [1.165, 1.54) is 4.90 Å². The van der Waals surface area contributed by atoms with Gasteiger partial charge in [-0.05, 0) is 0 Å². The number of hydrogen-bond acceptors (Lipinski definition) is 4. The molecule has 1 rings (SSSR count). The maximum atomic E-state index is 13.5. The Kier molecular flexibility index (Phi) is 7.36. The van der Waals surface area contributed by atoms with Crippen molar-refractivity contribution in [3.05, 3.63) is 0 Å². The molecular formula is C13H15F10NO3. The van der Waals surface area contributed by atoms with Crippen LogP contribution in [0.3, 0.4) is 0 Å². The molecule has 27 heavy (non-hydrogen) atoms. The molecule has 0 aromatic rings. The number of ether oxygens (including phenoxy) is 2. The molecule has 0 atom stereocenters. The lowest BCUT2D eigenvalue weighted by molar-refractivity contribution is -0.364. The van der Waals surface area contributed by atoms with Crippen LogP contribution in [0.15, 0.2) is 0 Å². The van der Waals surface area contributed by atoms with Gasteiger partial charge in [0.05, 0.1) is 19.6 Å². The van der Waals surface area contributed by atoms with Crippen molar-refractivity contribution < 1.29 is 58.2 Å². The SMILES string of the molecule is O=C(OCCN1CCOCC1)C(F)(F)C(F)(F)C(F)(F)C(F)(F)CC(F)F. The standard InChI is InChI=1S/C13H15F10NO3/c14-8(15)7-10(16,17)12(20,21)13(22,23)11(18,19)9(25)27-6-3-24-1-4-26-5-2-24/h8H,1-7H2. The van der Waals surface area contributed by atoms with E-state index in [-0.39, 0.29) is 19.8 Å². The van der Waals surface area contributed by atoms with Crippen LogP contribution in [-0.2, 0) is 14.3 Å². The zero-order chi connectivity index (χ0) is 21.1. The maximum Gasteiger partial charge on any atom is 0.410 e. The molecule has 0 amide bonds. The van der Waals surface area contributed by atoms with Crippen molar-refractivity contribution in [1.29, 1.82) is 0 Å². The first-order chi connectivity index (χ1) is 12.2. The summed E-state index contributed by atoms with van der Waals surface area (Å²) >= 11 is 0. The van der Waals surface area contributed by atoms with Gasteiger partial charge < -0.3 is 9.47 Å². The number of carbonyl (C=O) groups excluding carboxylic acids is 1. The number of halogens is 10. The predicted molar refractivity (Wildman–Crippen MR) is 68.6 cm³/mol. The Morgan fingerprint density at radius 3 is 1.96 bits per heavy atom. The van der Waals surface area contributed by atoms with E-state index in [1.54, 1.807) is 0 Å². The third-order valence-corrected chi connectivity index (χ3v) is 3.66. The molecule has 1 saturated heterocycles. The van der Waals surface area contributed by atoms with Crippen molar-refractivity contribution in [1.82, 2.24) is 4.90 Å². The second-order valence-electron chi connectivity index (χ2n) is 5.61. The van der Waals surface area contributed by atoms with Crippen molar-refractivity contribution in [3.8, 4) is 0 Å². The van der Waals surface area contributed by atoms with E-state index >= 15 is 0 Å². The molecule has 4 nitrogen and oxygen atoms in total. The summed E-state index contributed by atoms with van der Waals surface area (Å²) in [7, 11) is 0. The Balaban J connectivity index is 2.83. The van der Waals surface area contributed by atoms with E-state index in [4.69, 9.17) is 4.74 Å². The zero-order valence-electron chi connectivity index (χ0n) is 13.5. The first-order valence-electron chi connectivity index (χ1n) is 7.43. The van der Waals surface area contributed by atoms with E-state index in [0.29, 0.717) is 13.1 Å². The monoisotopic (exact) mass is 423 g/mol. The summed E-state index contributed by atoms with van der Waals surface area (Å²) in [5.74, 6) is -29.7. The summed E-state index contributed by atoms with van der Waals surface area (Å²) in [5, 5.41) is 0. The van der Waals surface area contributed by atoms with Gasteiger partial charge in [-0.3, -0.25) is 4.90 Å². The molecule has 1 aliphatic rings. The smallest absolute Gasteiger partial charge is 0.410 e. The van der Waals surface area contributed by atoms with Crippen molar-refractivity contribution in [2.24, 2.45) is 0 Å². The van der Waals surface area contributed by atoms with Gasteiger partial charge in [-0.25, -0.2) is 13.6 Å². The number of rotatable bonds is 9. The summed E-state index contributed by atoms with van der Waals surface area (Å²) in [6, 6.07) is 0. The van der Waals surface area contributed by atoms with E-state index in [1.807, 2.05) is 0 Å². The predicted octanol–water partition coefficient (Wildman–Crippen LogP) is 3.06. The molecular weight excluding hydrogens is 408 g/mol. The Bertz CT molecular complexity index is 509. The summed E-state index contributed by atoms with van der Waals surface area (Å²) in [6.45, 7) is -0.0382. The number of alkyl halides is 10. The highest BCUT2D eigenvalue weighted by Crippen LogP contribution is 2.54. The Morgan fingerprint density at radius 1 is 0.963 bits per heavy atom. The average molecular weight is 423 g/mol. The normalized spacial score (nSPS) is 18.0. The fraction of sp³-hybridized carbons (Fsp3) is 0.923. The average Bonchev–Trinajstić information content (AvgIpc) is 2.53. The quantitative estimate of drug-likeness (QED) is 0.422. The minimum absolute atomic E-state index is 0.227. The van der Waals surface area contributed by atoms with Gasteiger partial charge in [-0.2, -0.15) is 35.1 Å². The van der Waals surface area contributed by atoms with Gasteiger partial charge in [0.1, 0.15) is 6.61 Å². The fourth-order valence-corrected chi connectivity index (χ4v) is 2.06. The molecule has 1 aliphatic heterocycles. The lowest BCUT2D eigenvalue weighted by atomic mass is 9.96. The first-order valence-corrected chi connectivity index (χ1v) is 7.43. The van der Waals surface area contributed by atoms with E-state index in [0.717, 1.165) is 0 Å². The van der Waals surface area contributed by atoms with Crippen LogP contribution in [0.1, 0.15) is 6.42 Å². The second-order valence-corrected chi connectivity index (χ2v) is 5.61. The van der Waals surface area contributed by atoms with E-state index in [2.05, 4.69) is 4.74 Å². The molecule has 0 aromatic heterocycles. The van der Waals surface area contributed by atoms with Crippen molar-refractivity contribution >= 4 is 5.97 Å². The van der Waals surface area contributed by atoms with Crippen LogP contribution in [0.2, 0.25) is 0 Å². The van der Waals surface area contributed by atoms with Crippen LogP contribution in [0.25, 0.3) is 0 Å². The van der Waals surface area contributed by atoms with Gasteiger partial charge in [0.25, 0.3) is 0 Å². The zero-order valence-corrected chi connectivity index (χ0v) is 13.5. The van der Waals surface area contributed by atoms with Crippen LogP contribution < -0.4 is 0 Å². The van der Waals surface area contributed by atoms with Gasteiger partial charge in [0.15, 0.2) is 0 Å². The van der Waals surface area contributed by atoms with Crippen molar-refractivity contribution in [2.45, 2.75) is 36.5 Å². The van der Waals surface area contributed by atoms with Crippen LogP contribution in [0.5, 0.6) is 0 Å². The molecule has 0 bridgehead atoms. The Labute approximate surface area is 146 Å². The molecule has 1 heterocycles. The number of nitrogens with zero attached hydrogens (tertiary/aromatic N) is 1. The first kappa shape index (κ1) is 23.7. The highest BCUT2D eigenvalue weighted by Gasteiger charge is 2.83. The molecule has 0 unspecified atom stereocenters. The summed E-state index contributed by atoms with van der Waals surface area (Å²) in [6.07, 6.45) is -7.28. The van der Waals surface area contributed by atoms with Gasteiger partial charge in [0, 0.05) is 19.6 Å². The molecule has 0 N–H and O–H groups in total. The van der Waals surface area contributed by atoms with Crippen molar-refractivity contribution in [3.63, 3.8) is 0 Å². The topological polar surface area (TPSA) is 38.8 Å². The minimum atomic E-state index is -6.98. The van der Waals surface area contributed by atoms with Gasteiger partial charge >= 0.3 is 29.7 Å². The number of hydrogen-bond donors (Lipinski definition) is 0. The third kappa shape index (κ3) is 4.95. The number of esters is 1. The van der Waals surface area contributed by atoms with Gasteiger partial charge in [-0.15, -0.1) is 0 Å². The lowest BCUT2D eigenvalue weighted by Crippen LogP contribution is -2.65. The van der Waals surface area contributed by atoms with Crippen LogP contribution >= 0.6 is 0 Å². The maximum absolute atomic E-state index is 13.5. The molecule has 14 heteroatoms. The largest absolute Gasteiger partial charge is 0.460 e. The fourth-order valence-electron chi connectivity index (χ4n) is 2.06. The molecule has 0 aliphatic carbocycles. The molecule has 1 fully saturated rings. The third-order valence-electron chi connectivity index (χ3n) is 3.66. The Hall–Kier alpha value is -1.31. The molecule has 160 valence electrons. The number of morpholine rings is 1. The highest BCUT2D eigenvalue weighted by molar-refractivity contribution is 5.79. The lowest BCUT2D eigenvalue weighted by Gasteiger charge is -2.35. The number of carbonyl (C=O) groups is 1. The minimum Gasteiger partial charge on any atom is -0.460 e. The molecule has 0 radical (unpaired) electrons. The van der Waals surface area contributed by atoms with Crippen LogP contribution in [-0.4, -0.2) is 80.4 Å². The van der Waals surface area contributed by atoms with Crippen LogP contribution in [0, 0.1) is 0 Å². The summed E-state index contributed by atoms with van der Waals surface area (Å²) in [4.78, 5) is 12.6. The molecule has 0 aromatic carbocycles. The van der Waals surface area contributed by atoms with Gasteiger partial charge in [0.2, 0.25) is 6.43 Å². The summed E-state index contributed by atoms with van der Waals surface area (Å²) in [5.41, 5.74) is 0. The van der Waals surface area contributed by atoms with E-state index < -0.39 is 49.1 Å². The molecule has 0 spiro atoms. The van der Waals surface area contributed by atoms with Crippen molar-refractivity contribution in [2.75, 3.05) is 39.5 Å². The highest BCUT2D eigenvalue weighted by atomic mass is 19.4. The van der Waals surface area contributed by atoms with E-state index in [9.17, 15) is 48.7 Å². The molecule has 0 saturated carbocycles.